The van der Waals surface area contributed by atoms with E-state index >= 15 is 0 Å². The highest BCUT2D eigenvalue weighted by atomic mass is 35.5. The Bertz CT molecular complexity index is 1160. The Hall–Kier alpha value is -3.29. The second-order valence-electron chi connectivity index (χ2n) is 7.35. The standard InChI is InChI=1S/C23H20ClFN4O2/c24-29-14-28-19-12-21-20(27-9-10-30-21)11-17(19)23(29,26)16-7-4-8-18(25)22(16)31-13-15-5-2-1-3-6-15/h1-8,11-12,14,27H,9-10,13,26H2. The van der Waals surface area contributed by atoms with Crippen LogP contribution in [0, 0.1) is 5.82 Å². The Morgan fingerprint density at radius 3 is 2.84 bits per heavy atom. The predicted molar refractivity (Wildman–Crippen MR) is 118 cm³/mol. The predicted octanol–water partition coefficient (Wildman–Crippen LogP) is 4.50. The van der Waals surface area contributed by atoms with Gasteiger partial charge >= 0.3 is 0 Å². The lowest BCUT2D eigenvalue weighted by Crippen LogP contribution is -2.51. The van der Waals surface area contributed by atoms with Gasteiger partial charge in [-0.2, -0.15) is 0 Å². The number of nitrogens with zero attached hydrogens (tertiary/aromatic N) is 2. The maximum Gasteiger partial charge on any atom is 0.165 e. The fourth-order valence-electron chi connectivity index (χ4n) is 3.85. The van der Waals surface area contributed by atoms with E-state index in [-0.39, 0.29) is 12.4 Å². The quantitative estimate of drug-likeness (QED) is 0.587. The van der Waals surface area contributed by atoms with E-state index in [1.54, 1.807) is 12.1 Å². The van der Waals surface area contributed by atoms with E-state index in [1.165, 1.54) is 16.8 Å². The number of hydrogen-bond acceptors (Lipinski definition) is 6. The molecular weight excluding hydrogens is 419 g/mol. The number of benzene rings is 3. The van der Waals surface area contributed by atoms with Crippen molar-refractivity contribution in [3.05, 3.63) is 83.2 Å². The van der Waals surface area contributed by atoms with Crippen molar-refractivity contribution < 1.29 is 13.9 Å². The molecule has 31 heavy (non-hydrogen) atoms. The summed E-state index contributed by atoms with van der Waals surface area (Å²) < 4.78 is 27.8. The molecule has 1 atom stereocenters. The first-order valence-electron chi connectivity index (χ1n) is 9.86. The Balaban J connectivity index is 1.61. The van der Waals surface area contributed by atoms with Crippen molar-refractivity contribution in [2.75, 3.05) is 18.5 Å². The smallest absolute Gasteiger partial charge is 0.165 e. The lowest BCUT2D eigenvalue weighted by atomic mass is 9.88. The number of nitrogens with one attached hydrogen (secondary N) is 1. The van der Waals surface area contributed by atoms with Crippen molar-refractivity contribution in [1.29, 1.82) is 0 Å². The van der Waals surface area contributed by atoms with Gasteiger partial charge in [-0.05, 0) is 17.7 Å². The highest BCUT2D eigenvalue weighted by Crippen LogP contribution is 2.47. The Morgan fingerprint density at radius 2 is 2.00 bits per heavy atom. The molecule has 0 fully saturated rings. The number of para-hydroxylation sites is 1. The second kappa shape index (κ2) is 7.76. The summed E-state index contributed by atoms with van der Waals surface area (Å²) >= 11 is 6.54. The molecule has 0 saturated carbocycles. The Morgan fingerprint density at radius 1 is 1.16 bits per heavy atom. The van der Waals surface area contributed by atoms with E-state index in [0.29, 0.717) is 35.7 Å². The first kappa shape index (κ1) is 19.7. The zero-order chi connectivity index (χ0) is 21.4. The summed E-state index contributed by atoms with van der Waals surface area (Å²) in [4.78, 5) is 4.40. The van der Waals surface area contributed by atoms with Crippen LogP contribution in [0.25, 0.3) is 0 Å². The average molecular weight is 439 g/mol. The van der Waals surface area contributed by atoms with E-state index in [2.05, 4.69) is 10.3 Å². The average Bonchev–Trinajstić information content (AvgIpc) is 2.80. The van der Waals surface area contributed by atoms with Crippen LogP contribution in [0.5, 0.6) is 11.5 Å². The summed E-state index contributed by atoms with van der Waals surface area (Å²) in [5.41, 5.74) is 8.77. The number of rotatable bonds is 4. The molecular formula is C23H20ClFN4O2. The third kappa shape index (κ3) is 3.36. The van der Waals surface area contributed by atoms with Gasteiger partial charge in [0.05, 0.1) is 11.4 Å². The topological polar surface area (TPSA) is 72.1 Å². The molecule has 0 radical (unpaired) electrons. The van der Waals surface area contributed by atoms with Gasteiger partial charge in [-0.25, -0.2) is 13.8 Å². The van der Waals surface area contributed by atoms with Crippen molar-refractivity contribution in [3.8, 4) is 11.5 Å². The van der Waals surface area contributed by atoms with Crippen LogP contribution in [0.2, 0.25) is 0 Å². The fourth-order valence-corrected chi connectivity index (χ4v) is 4.08. The summed E-state index contributed by atoms with van der Waals surface area (Å²) in [7, 11) is 0. The maximum atomic E-state index is 14.9. The zero-order valence-electron chi connectivity index (χ0n) is 16.5. The number of fused-ring (bicyclic) bond motifs is 2. The molecule has 2 aliphatic rings. The first-order chi connectivity index (χ1) is 15.1. The Kier molecular flexibility index (Phi) is 4.92. The molecule has 3 aromatic rings. The van der Waals surface area contributed by atoms with Crippen molar-refractivity contribution >= 4 is 29.5 Å². The summed E-state index contributed by atoms with van der Waals surface area (Å²) in [6, 6.07) is 17.8. The van der Waals surface area contributed by atoms with E-state index < -0.39 is 11.5 Å². The zero-order valence-corrected chi connectivity index (χ0v) is 17.3. The molecule has 0 aliphatic carbocycles. The number of aliphatic imine (C=N–C) groups is 1. The molecule has 8 heteroatoms. The number of hydrogen-bond donors (Lipinski definition) is 2. The summed E-state index contributed by atoms with van der Waals surface area (Å²) in [5, 5.41) is 3.29. The molecule has 2 heterocycles. The van der Waals surface area contributed by atoms with Gasteiger partial charge in [0, 0.05) is 35.5 Å². The summed E-state index contributed by atoms with van der Waals surface area (Å²) in [5.74, 6) is 0.210. The molecule has 0 saturated heterocycles. The third-order valence-corrected chi connectivity index (χ3v) is 5.78. The van der Waals surface area contributed by atoms with Crippen LogP contribution in [0.15, 0.2) is 65.7 Å². The van der Waals surface area contributed by atoms with Gasteiger partial charge in [-0.1, -0.05) is 42.5 Å². The minimum atomic E-state index is -1.42. The molecule has 1 unspecified atom stereocenters. The third-order valence-electron chi connectivity index (χ3n) is 5.42. The highest BCUT2D eigenvalue weighted by Gasteiger charge is 2.43. The number of ether oxygens (including phenoxy) is 2. The minimum absolute atomic E-state index is 0.0442. The summed E-state index contributed by atoms with van der Waals surface area (Å²) in [6.45, 7) is 1.42. The molecule has 0 spiro atoms. The van der Waals surface area contributed by atoms with Crippen LogP contribution in [0.3, 0.4) is 0 Å². The minimum Gasteiger partial charge on any atom is -0.490 e. The normalized spacial score (nSPS) is 19.1. The molecule has 0 bridgehead atoms. The van der Waals surface area contributed by atoms with E-state index in [4.69, 9.17) is 27.0 Å². The summed E-state index contributed by atoms with van der Waals surface area (Å²) in [6.07, 6.45) is 1.42. The first-order valence-corrected chi connectivity index (χ1v) is 10.2. The largest absolute Gasteiger partial charge is 0.490 e. The van der Waals surface area contributed by atoms with Crippen molar-refractivity contribution in [1.82, 2.24) is 4.42 Å². The monoisotopic (exact) mass is 438 g/mol. The molecule has 3 N–H and O–H groups in total. The maximum absolute atomic E-state index is 14.9. The van der Waals surface area contributed by atoms with Crippen molar-refractivity contribution in [3.63, 3.8) is 0 Å². The molecule has 5 rings (SSSR count). The lowest BCUT2D eigenvalue weighted by molar-refractivity contribution is 0.266. The van der Waals surface area contributed by atoms with E-state index in [1.807, 2.05) is 42.5 Å². The molecule has 3 aromatic carbocycles. The Labute approximate surface area is 184 Å². The van der Waals surface area contributed by atoms with E-state index in [9.17, 15) is 4.39 Å². The van der Waals surface area contributed by atoms with Crippen LogP contribution in [0.1, 0.15) is 16.7 Å². The van der Waals surface area contributed by atoms with Gasteiger partial charge < -0.3 is 14.8 Å². The van der Waals surface area contributed by atoms with Gasteiger partial charge in [-0.3, -0.25) is 5.73 Å². The molecule has 0 aromatic heterocycles. The van der Waals surface area contributed by atoms with Crippen molar-refractivity contribution in [2.24, 2.45) is 10.7 Å². The van der Waals surface area contributed by atoms with Crippen LogP contribution < -0.4 is 20.5 Å². The number of anilines is 1. The van der Waals surface area contributed by atoms with Gasteiger partial charge in [-0.15, -0.1) is 0 Å². The van der Waals surface area contributed by atoms with Gasteiger partial charge in [0.2, 0.25) is 0 Å². The van der Waals surface area contributed by atoms with Crippen LogP contribution in [-0.4, -0.2) is 23.9 Å². The second-order valence-corrected chi connectivity index (χ2v) is 7.72. The lowest BCUT2D eigenvalue weighted by Gasteiger charge is -2.40. The van der Waals surface area contributed by atoms with E-state index in [0.717, 1.165) is 11.3 Å². The van der Waals surface area contributed by atoms with Gasteiger partial charge in [0.1, 0.15) is 25.3 Å². The number of halogens is 2. The molecule has 0 amide bonds. The molecule has 6 nitrogen and oxygen atoms in total. The SMILES string of the molecule is NC1(c2cccc(F)c2OCc2ccccc2)c2cc3c(cc2N=CN1Cl)OCCN3. The highest BCUT2D eigenvalue weighted by molar-refractivity contribution is 6.20. The van der Waals surface area contributed by atoms with Gasteiger partial charge in [0.15, 0.2) is 17.2 Å². The van der Waals surface area contributed by atoms with Gasteiger partial charge in [0.25, 0.3) is 0 Å². The number of nitrogens with two attached hydrogens (primary N) is 1. The van der Waals surface area contributed by atoms with Crippen LogP contribution >= 0.6 is 11.8 Å². The van der Waals surface area contributed by atoms with Crippen molar-refractivity contribution in [2.45, 2.75) is 12.3 Å². The molecule has 2 aliphatic heterocycles. The van der Waals surface area contributed by atoms with Crippen LogP contribution in [0.4, 0.5) is 15.8 Å². The fraction of sp³-hybridized carbons (Fsp3) is 0.174. The molecule has 158 valence electrons. The van der Waals surface area contributed by atoms with Crippen LogP contribution in [-0.2, 0) is 12.3 Å².